The van der Waals surface area contributed by atoms with Crippen molar-refractivity contribution in [1.82, 2.24) is 4.98 Å². The summed E-state index contributed by atoms with van der Waals surface area (Å²) in [6, 6.07) is 8.81. The Morgan fingerprint density at radius 3 is 2.82 bits per heavy atom. The van der Waals surface area contributed by atoms with Crippen LogP contribution in [0.3, 0.4) is 0 Å². The summed E-state index contributed by atoms with van der Waals surface area (Å²) in [7, 11) is 0. The highest BCUT2D eigenvalue weighted by Crippen LogP contribution is 2.24. The molecule has 0 aliphatic carbocycles. The van der Waals surface area contributed by atoms with E-state index >= 15 is 0 Å². The molecule has 0 saturated heterocycles. The van der Waals surface area contributed by atoms with Crippen LogP contribution in [-0.2, 0) is 5.88 Å². The number of alkyl halides is 1. The molecule has 88 valence electrons. The van der Waals surface area contributed by atoms with E-state index in [4.69, 9.17) is 11.6 Å². The van der Waals surface area contributed by atoms with Crippen LogP contribution in [0.4, 0.5) is 15.9 Å². The highest BCUT2D eigenvalue weighted by atomic mass is 79.9. The van der Waals surface area contributed by atoms with E-state index in [1.807, 2.05) is 24.3 Å². The second kappa shape index (κ2) is 5.47. The van der Waals surface area contributed by atoms with Crippen molar-refractivity contribution in [3.63, 3.8) is 0 Å². The Hall–Kier alpha value is -1.13. The summed E-state index contributed by atoms with van der Waals surface area (Å²) < 4.78 is 14.2. The fraction of sp³-hybridized carbons (Fsp3) is 0.0833. The SMILES string of the molecule is Fc1cc(Br)cnc1Nc1ccccc1CCl. The zero-order chi connectivity index (χ0) is 12.3. The van der Waals surface area contributed by atoms with E-state index in [2.05, 4.69) is 26.2 Å². The average Bonchev–Trinajstić information content (AvgIpc) is 2.33. The normalized spacial score (nSPS) is 10.3. The maximum absolute atomic E-state index is 13.6. The molecule has 0 radical (unpaired) electrons. The smallest absolute Gasteiger partial charge is 0.166 e. The van der Waals surface area contributed by atoms with Gasteiger partial charge in [-0.25, -0.2) is 9.37 Å². The number of para-hydroxylation sites is 1. The Labute approximate surface area is 112 Å². The molecule has 1 N–H and O–H groups in total. The van der Waals surface area contributed by atoms with Gasteiger partial charge in [-0.1, -0.05) is 18.2 Å². The van der Waals surface area contributed by atoms with Crippen LogP contribution >= 0.6 is 27.5 Å². The van der Waals surface area contributed by atoms with E-state index in [1.54, 1.807) is 0 Å². The van der Waals surface area contributed by atoms with Crippen molar-refractivity contribution < 1.29 is 4.39 Å². The number of hydrogen-bond acceptors (Lipinski definition) is 2. The predicted molar refractivity (Wildman–Crippen MR) is 71.2 cm³/mol. The number of pyridine rings is 1. The van der Waals surface area contributed by atoms with Crippen molar-refractivity contribution in [3.05, 3.63) is 52.4 Å². The molecule has 1 aromatic carbocycles. The molecule has 2 rings (SSSR count). The van der Waals surface area contributed by atoms with Gasteiger partial charge in [-0.15, -0.1) is 11.6 Å². The molecule has 0 amide bonds. The van der Waals surface area contributed by atoms with Gasteiger partial charge >= 0.3 is 0 Å². The van der Waals surface area contributed by atoms with Gasteiger partial charge in [0.25, 0.3) is 0 Å². The van der Waals surface area contributed by atoms with Crippen molar-refractivity contribution in [3.8, 4) is 0 Å². The van der Waals surface area contributed by atoms with E-state index in [9.17, 15) is 4.39 Å². The van der Waals surface area contributed by atoms with E-state index in [0.29, 0.717) is 10.4 Å². The Morgan fingerprint density at radius 2 is 2.12 bits per heavy atom. The Balaban J connectivity index is 2.31. The second-order valence-electron chi connectivity index (χ2n) is 3.40. The van der Waals surface area contributed by atoms with Gasteiger partial charge < -0.3 is 5.32 Å². The van der Waals surface area contributed by atoms with Crippen LogP contribution in [0.15, 0.2) is 41.0 Å². The first-order chi connectivity index (χ1) is 8.20. The molecule has 0 aliphatic heterocycles. The Bertz CT molecular complexity index is 534. The van der Waals surface area contributed by atoms with Gasteiger partial charge in [0.1, 0.15) is 0 Å². The van der Waals surface area contributed by atoms with Crippen LogP contribution in [0, 0.1) is 5.82 Å². The van der Waals surface area contributed by atoms with E-state index in [0.717, 1.165) is 11.3 Å². The molecule has 17 heavy (non-hydrogen) atoms. The minimum Gasteiger partial charge on any atom is -0.338 e. The molecule has 0 atom stereocenters. The van der Waals surface area contributed by atoms with Crippen LogP contribution in [0.5, 0.6) is 0 Å². The van der Waals surface area contributed by atoms with Crippen LogP contribution in [0.25, 0.3) is 0 Å². The van der Waals surface area contributed by atoms with Gasteiger partial charge in [0.05, 0.1) is 0 Å². The summed E-state index contributed by atoms with van der Waals surface area (Å²) in [6.07, 6.45) is 1.54. The summed E-state index contributed by atoms with van der Waals surface area (Å²) in [6.45, 7) is 0. The molecule has 0 aliphatic rings. The lowest BCUT2D eigenvalue weighted by atomic mass is 10.2. The summed E-state index contributed by atoms with van der Waals surface area (Å²) in [4.78, 5) is 3.97. The number of benzene rings is 1. The highest BCUT2D eigenvalue weighted by Gasteiger charge is 2.07. The zero-order valence-electron chi connectivity index (χ0n) is 8.75. The zero-order valence-corrected chi connectivity index (χ0v) is 11.1. The monoisotopic (exact) mass is 314 g/mol. The fourth-order valence-electron chi connectivity index (χ4n) is 1.39. The fourth-order valence-corrected chi connectivity index (χ4v) is 1.93. The van der Waals surface area contributed by atoms with Gasteiger partial charge in [-0.2, -0.15) is 0 Å². The van der Waals surface area contributed by atoms with Crippen LogP contribution in [0.1, 0.15) is 5.56 Å². The molecule has 5 heteroatoms. The standard InChI is InChI=1S/C12H9BrClFN2/c13-9-5-10(15)12(16-7-9)17-11-4-2-1-3-8(11)6-14/h1-5,7H,6H2,(H,16,17). The number of nitrogens with zero attached hydrogens (tertiary/aromatic N) is 1. The van der Waals surface area contributed by atoms with Crippen LogP contribution in [-0.4, -0.2) is 4.98 Å². The molecule has 2 nitrogen and oxygen atoms in total. The molecule has 0 saturated carbocycles. The predicted octanol–water partition coefficient (Wildman–Crippen LogP) is 4.47. The lowest BCUT2D eigenvalue weighted by Crippen LogP contribution is -1.99. The minimum absolute atomic E-state index is 0.186. The largest absolute Gasteiger partial charge is 0.338 e. The van der Waals surface area contributed by atoms with Crippen molar-refractivity contribution >= 4 is 39.0 Å². The van der Waals surface area contributed by atoms with Gasteiger partial charge in [0.2, 0.25) is 0 Å². The number of hydrogen-bond donors (Lipinski definition) is 1. The third-order valence-corrected chi connectivity index (χ3v) is 2.94. The molecule has 0 unspecified atom stereocenters. The summed E-state index contributed by atoms with van der Waals surface area (Å²) in [5.74, 6) is 0.135. The molecule has 0 spiro atoms. The second-order valence-corrected chi connectivity index (χ2v) is 4.58. The maximum atomic E-state index is 13.6. The van der Waals surface area contributed by atoms with Crippen molar-refractivity contribution in [2.75, 3.05) is 5.32 Å². The van der Waals surface area contributed by atoms with Gasteiger partial charge in [0, 0.05) is 22.2 Å². The Morgan fingerprint density at radius 1 is 1.35 bits per heavy atom. The lowest BCUT2D eigenvalue weighted by molar-refractivity contribution is 0.625. The average molecular weight is 316 g/mol. The molecule has 0 fully saturated rings. The lowest BCUT2D eigenvalue weighted by Gasteiger charge is -2.10. The molecule has 1 heterocycles. The first-order valence-electron chi connectivity index (χ1n) is 4.92. The van der Waals surface area contributed by atoms with Crippen LogP contribution in [0.2, 0.25) is 0 Å². The first-order valence-corrected chi connectivity index (χ1v) is 6.25. The van der Waals surface area contributed by atoms with Crippen LogP contribution < -0.4 is 5.32 Å². The third-order valence-electron chi connectivity index (χ3n) is 2.22. The first kappa shape index (κ1) is 12.3. The summed E-state index contributed by atoms with van der Waals surface area (Å²) in [5.41, 5.74) is 1.66. The highest BCUT2D eigenvalue weighted by molar-refractivity contribution is 9.10. The number of aromatic nitrogens is 1. The molecule has 1 aromatic heterocycles. The molecule has 0 bridgehead atoms. The third kappa shape index (κ3) is 2.96. The number of nitrogens with one attached hydrogen (secondary N) is 1. The Kier molecular flexibility index (Phi) is 3.97. The summed E-state index contributed by atoms with van der Waals surface area (Å²) >= 11 is 8.96. The number of halogens is 3. The molecular formula is C12H9BrClFN2. The van der Waals surface area contributed by atoms with Gasteiger partial charge in [-0.05, 0) is 33.6 Å². The summed E-state index contributed by atoms with van der Waals surface area (Å²) in [5, 5.41) is 2.93. The minimum atomic E-state index is -0.413. The van der Waals surface area contributed by atoms with Crippen molar-refractivity contribution in [2.24, 2.45) is 0 Å². The van der Waals surface area contributed by atoms with E-state index < -0.39 is 5.82 Å². The molecular weight excluding hydrogens is 307 g/mol. The van der Waals surface area contributed by atoms with Crippen molar-refractivity contribution in [1.29, 1.82) is 0 Å². The molecule has 2 aromatic rings. The maximum Gasteiger partial charge on any atom is 0.166 e. The van der Waals surface area contributed by atoms with Gasteiger partial charge in [0.15, 0.2) is 11.6 Å². The van der Waals surface area contributed by atoms with E-state index in [-0.39, 0.29) is 5.82 Å². The number of anilines is 2. The topological polar surface area (TPSA) is 24.9 Å². The van der Waals surface area contributed by atoms with E-state index in [1.165, 1.54) is 12.3 Å². The quantitative estimate of drug-likeness (QED) is 0.846. The number of rotatable bonds is 3. The van der Waals surface area contributed by atoms with Gasteiger partial charge in [-0.3, -0.25) is 0 Å². The van der Waals surface area contributed by atoms with Crippen molar-refractivity contribution in [2.45, 2.75) is 5.88 Å².